The van der Waals surface area contributed by atoms with E-state index in [4.69, 9.17) is 26.8 Å². The normalized spacial score (nSPS) is 24.3. The second-order valence-corrected chi connectivity index (χ2v) is 7.04. The number of aliphatic hydroxyl groups excluding tert-OH is 3. The molecule has 0 spiro atoms. The number of fused-ring (bicyclic) bond motifs is 1. The topological polar surface area (TPSA) is 149 Å². The second kappa shape index (κ2) is 8.09. The largest absolute Gasteiger partial charge is 0.463 e. The number of imidazole rings is 1. The summed E-state index contributed by atoms with van der Waals surface area (Å²) in [6, 6.07) is 7.48. The Morgan fingerprint density at radius 2 is 2.00 bits per heavy atom. The molecule has 0 bridgehead atoms. The van der Waals surface area contributed by atoms with Crippen LogP contribution in [0.2, 0.25) is 5.02 Å². The highest BCUT2D eigenvalue weighted by Crippen LogP contribution is 2.32. The highest BCUT2D eigenvalue weighted by atomic mass is 35.5. The van der Waals surface area contributed by atoms with Crippen LogP contribution in [0.25, 0.3) is 11.2 Å². The van der Waals surface area contributed by atoms with Gasteiger partial charge >= 0.3 is 6.01 Å². The van der Waals surface area contributed by atoms with E-state index in [1.165, 1.54) is 10.9 Å². The summed E-state index contributed by atoms with van der Waals surface area (Å²) in [7, 11) is 0. The van der Waals surface area contributed by atoms with Crippen LogP contribution in [0.4, 0.5) is 5.82 Å². The van der Waals surface area contributed by atoms with E-state index in [1.807, 2.05) is 18.2 Å². The number of halogens is 1. The number of anilines is 1. The lowest BCUT2D eigenvalue weighted by atomic mass is 10.1. The van der Waals surface area contributed by atoms with Gasteiger partial charge in [0.1, 0.15) is 18.3 Å². The van der Waals surface area contributed by atoms with Crippen LogP contribution in [0.5, 0.6) is 6.01 Å². The van der Waals surface area contributed by atoms with E-state index in [1.54, 1.807) is 6.07 Å². The van der Waals surface area contributed by atoms with Crippen molar-refractivity contribution in [2.45, 2.75) is 31.0 Å². The van der Waals surface area contributed by atoms with Crippen LogP contribution in [0.15, 0.2) is 30.6 Å². The predicted molar refractivity (Wildman–Crippen MR) is 103 cm³/mol. The van der Waals surface area contributed by atoms with E-state index in [2.05, 4.69) is 15.0 Å². The van der Waals surface area contributed by atoms with Crippen LogP contribution in [-0.2, 0) is 11.2 Å². The van der Waals surface area contributed by atoms with E-state index in [-0.39, 0.29) is 24.1 Å². The third-order valence-corrected chi connectivity index (χ3v) is 5.15. The van der Waals surface area contributed by atoms with Gasteiger partial charge in [0.2, 0.25) is 0 Å². The van der Waals surface area contributed by atoms with Crippen molar-refractivity contribution in [3.63, 3.8) is 0 Å². The fourth-order valence-corrected chi connectivity index (χ4v) is 3.46. The van der Waals surface area contributed by atoms with Gasteiger partial charge in [-0.15, -0.1) is 0 Å². The Labute approximate surface area is 170 Å². The SMILES string of the molecule is Nc1nc(OCCc2ccccc2Cl)nc2c1ncn2[C@@H]1O[C@H](CO)[C@@H](O)[C@H]1O. The van der Waals surface area contributed by atoms with Crippen molar-refractivity contribution < 1.29 is 24.8 Å². The summed E-state index contributed by atoms with van der Waals surface area (Å²) < 4.78 is 12.6. The second-order valence-electron chi connectivity index (χ2n) is 6.63. The van der Waals surface area contributed by atoms with Gasteiger partial charge in [-0.25, -0.2) is 4.98 Å². The minimum atomic E-state index is -1.27. The number of benzene rings is 1. The van der Waals surface area contributed by atoms with E-state index in [0.29, 0.717) is 17.0 Å². The molecule has 1 aromatic carbocycles. The van der Waals surface area contributed by atoms with Crippen molar-refractivity contribution in [3.8, 4) is 6.01 Å². The molecule has 10 nitrogen and oxygen atoms in total. The maximum Gasteiger partial charge on any atom is 0.320 e. The van der Waals surface area contributed by atoms with Crippen molar-refractivity contribution in [1.82, 2.24) is 19.5 Å². The van der Waals surface area contributed by atoms with Crippen molar-refractivity contribution in [1.29, 1.82) is 0 Å². The highest BCUT2D eigenvalue weighted by Gasteiger charge is 2.44. The fraction of sp³-hybridized carbons (Fsp3) is 0.389. The van der Waals surface area contributed by atoms with E-state index in [9.17, 15) is 15.3 Å². The number of nitrogens with two attached hydrogens (primary N) is 1. The fourth-order valence-electron chi connectivity index (χ4n) is 3.23. The van der Waals surface area contributed by atoms with Gasteiger partial charge in [-0.1, -0.05) is 29.8 Å². The molecule has 0 radical (unpaired) electrons. The van der Waals surface area contributed by atoms with Gasteiger partial charge < -0.3 is 30.5 Å². The molecule has 2 aromatic heterocycles. The molecular weight excluding hydrogens is 402 g/mol. The Morgan fingerprint density at radius 1 is 1.21 bits per heavy atom. The Balaban J connectivity index is 1.56. The minimum Gasteiger partial charge on any atom is -0.463 e. The zero-order valence-corrected chi connectivity index (χ0v) is 16.0. The summed E-state index contributed by atoms with van der Waals surface area (Å²) >= 11 is 6.14. The molecule has 3 aromatic rings. The average Bonchev–Trinajstić information content (AvgIpc) is 3.25. The molecule has 4 rings (SSSR count). The summed E-state index contributed by atoms with van der Waals surface area (Å²) in [5, 5.41) is 30.2. The van der Waals surface area contributed by atoms with Crippen molar-refractivity contribution in [3.05, 3.63) is 41.2 Å². The average molecular weight is 422 g/mol. The third kappa shape index (κ3) is 3.72. The lowest BCUT2D eigenvalue weighted by Crippen LogP contribution is -2.33. The molecule has 0 amide bonds. The Kier molecular flexibility index (Phi) is 5.52. The van der Waals surface area contributed by atoms with Gasteiger partial charge in [0.15, 0.2) is 23.2 Å². The molecular formula is C18H20ClN5O5. The summed E-state index contributed by atoms with van der Waals surface area (Å²) in [5.41, 5.74) is 7.49. The maximum absolute atomic E-state index is 10.3. The van der Waals surface area contributed by atoms with E-state index >= 15 is 0 Å². The molecule has 0 unspecified atom stereocenters. The third-order valence-electron chi connectivity index (χ3n) is 4.78. The number of hydrogen-bond donors (Lipinski definition) is 4. The van der Waals surface area contributed by atoms with Gasteiger partial charge in [-0.2, -0.15) is 9.97 Å². The number of hydrogen-bond acceptors (Lipinski definition) is 9. The molecule has 3 heterocycles. The minimum absolute atomic E-state index is 0.0375. The first kappa shape index (κ1) is 19.8. The number of rotatable bonds is 6. The first-order valence-corrected chi connectivity index (χ1v) is 9.36. The van der Waals surface area contributed by atoms with Gasteiger partial charge in [-0.05, 0) is 11.6 Å². The van der Waals surface area contributed by atoms with E-state index < -0.39 is 31.1 Å². The van der Waals surface area contributed by atoms with Gasteiger partial charge in [0.25, 0.3) is 0 Å². The molecule has 1 fully saturated rings. The maximum atomic E-state index is 10.3. The molecule has 29 heavy (non-hydrogen) atoms. The van der Waals surface area contributed by atoms with Crippen molar-refractivity contribution in [2.24, 2.45) is 0 Å². The van der Waals surface area contributed by atoms with Gasteiger partial charge in [0.05, 0.1) is 19.5 Å². The molecule has 0 saturated carbocycles. The molecule has 1 saturated heterocycles. The summed E-state index contributed by atoms with van der Waals surface area (Å²) in [6.45, 7) is -0.161. The summed E-state index contributed by atoms with van der Waals surface area (Å²) in [4.78, 5) is 12.6. The van der Waals surface area contributed by atoms with Gasteiger partial charge in [-0.3, -0.25) is 4.57 Å². The standard InChI is InChI=1S/C18H20ClN5O5/c19-10-4-2-1-3-9(10)5-6-28-18-22-15(20)12-16(23-18)24(8-21-12)17-14(27)13(26)11(7-25)29-17/h1-4,8,11,13-14,17,25-27H,5-7H2,(H2,20,22,23)/t11-,13-,14-,17-/m1/s1. The highest BCUT2D eigenvalue weighted by molar-refractivity contribution is 6.31. The van der Waals surface area contributed by atoms with Crippen LogP contribution in [-0.4, -0.2) is 66.4 Å². The van der Waals surface area contributed by atoms with Crippen LogP contribution < -0.4 is 10.5 Å². The molecule has 1 aliphatic heterocycles. The Hall–Kier alpha value is -2.50. The van der Waals surface area contributed by atoms with Crippen LogP contribution in [0, 0.1) is 0 Å². The lowest BCUT2D eigenvalue weighted by molar-refractivity contribution is -0.0511. The zero-order valence-electron chi connectivity index (χ0n) is 15.2. The van der Waals surface area contributed by atoms with Crippen molar-refractivity contribution in [2.75, 3.05) is 18.9 Å². The number of nitrogen functional groups attached to an aromatic ring is 1. The number of ether oxygens (including phenoxy) is 2. The van der Waals surface area contributed by atoms with Crippen LogP contribution in [0.3, 0.4) is 0 Å². The number of aromatic nitrogens is 4. The number of nitrogens with zero attached hydrogens (tertiary/aromatic N) is 4. The molecule has 11 heteroatoms. The van der Waals surface area contributed by atoms with Crippen LogP contribution in [0.1, 0.15) is 11.8 Å². The Morgan fingerprint density at radius 3 is 2.72 bits per heavy atom. The van der Waals surface area contributed by atoms with E-state index in [0.717, 1.165) is 5.56 Å². The first-order chi connectivity index (χ1) is 14.0. The quantitative estimate of drug-likeness (QED) is 0.440. The summed E-state index contributed by atoms with van der Waals surface area (Å²) in [6.07, 6.45) is -2.49. The van der Waals surface area contributed by atoms with Crippen LogP contribution >= 0.6 is 11.6 Å². The Bertz CT molecular complexity index is 1020. The lowest BCUT2D eigenvalue weighted by Gasteiger charge is -2.16. The first-order valence-electron chi connectivity index (χ1n) is 8.98. The van der Waals surface area contributed by atoms with Crippen molar-refractivity contribution >= 4 is 28.6 Å². The smallest absolute Gasteiger partial charge is 0.320 e. The molecule has 154 valence electrons. The predicted octanol–water partition coefficient (Wildman–Crippen LogP) is 0.295. The molecule has 1 aliphatic rings. The van der Waals surface area contributed by atoms with Gasteiger partial charge in [0, 0.05) is 11.4 Å². The number of aliphatic hydroxyl groups is 3. The monoisotopic (exact) mass is 421 g/mol. The summed E-state index contributed by atoms with van der Waals surface area (Å²) in [5.74, 6) is 0.105. The molecule has 4 atom stereocenters. The molecule has 0 aliphatic carbocycles. The molecule has 5 N–H and O–H groups in total. The zero-order chi connectivity index (χ0) is 20.5.